The Labute approximate surface area is 150 Å². The minimum Gasteiger partial charge on any atom is -0.386 e. The molecule has 0 saturated heterocycles. The molecule has 0 spiro atoms. The van der Waals surface area contributed by atoms with Gasteiger partial charge in [0, 0.05) is 5.56 Å². The molecule has 0 aliphatic heterocycles. The molecule has 2 aromatic rings. The zero-order valence-corrected chi connectivity index (χ0v) is 14.4. The Morgan fingerprint density at radius 1 is 1.23 bits per heavy atom. The molecule has 0 bridgehead atoms. The van der Waals surface area contributed by atoms with E-state index in [1.54, 1.807) is 32.0 Å². The molecule has 26 heavy (non-hydrogen) atoms. The number of nitrogens with two attached hydrogens (primary N) is 1. The van der Waals surface area contributed by atoms with Crippen molar-refractivity contribution in [1.82, 2.24) is 0 Å². The fourth-order valence-electron chi connectivity index (χ4n) is 2.23. The highest BCUT2D eigenvalue weighted by Crippen LogP contribution is 2.27. The van der Waals surface area contributed by atoms with E-state index in [1.807, 2.05) is 0 Å². The maximum Gasteiger partial charge on any atom is 0.255 e. The van der Waals surface area contributed by atoms with Crippen LogP contribution in [0.4, 0.5) is 20.2 Å². The average Bonchev–Trinajstić information content (AvgIpc) is 2.61. The molecule has 4 N–H and O–H groups in total. The first kappa shape index (κ1) is 18.9. The predicted octanol–water partition coefficient (Wildman–Crippen LogP) is 3.86. The monoisotopic (exact) mass is 356 g/mol. The number of anilines is 2. The number of nitriles is 1. The van der Waals surface area contributed by atoms with Crippen LogP contribution in [0.5, 0.6) is 0 Å². The summed E-state index contributed by atoms with van der Waals surface area (Å²) in [5.74, 6) is -2.61. The molecule has 0 aliphatic rings. The van der Waals surface area contributed by atoms with E-state index in [4.69, 9.17) is 5.73 Å². The van der Waals surface area contributed by atoms with Crippen LogP contribution in [0, 0.1) is 23.0 Å². The Balaban J connectivity index is 2.33. The van der Waals surface area contributed by atoms with Gasteiger partial charge in [-0.3, -0.25) is 4.79 Å². The van der Waals surface area contributed by atoms with Gasteiger partial charge in [0.05, 0.1) is 23.0 Å². The zero-order valence-electron chi connectivity index (χ0n) is 14.4. The normalized spacial score (nSPS) is 10.7. The number of carbonyl (C=O) groups is 1. The van der Waals surface area contributed by atoms with Crippen LogP contribution in [0.1, 0.15) is 29.8 Å². The van der Waals surface area contributed by atoms with Gasteiger partial charge >= 0.3 is 0 Å². The Morgan fingerprint density at radius 3 is 2.54 bits per heavy atom. The van der Waals surface area contributed by atoms with E-state index in [2.05, 4.69) is 23.3 Å². The third kappa shape index (κ3) is 3.98. The van der Waals surface area contributed by atoms with Gasteiger partial charge in [-0.1, -0.05) is 18.7 Å². The molecular weight excluding hydrogens is 338 g/mol. The smallest absolute Gasteiger partial charge is 0.255 e. The Morgan fingerprint density at radius 2 is 1.92 bits per heavy atom. The highest BCUT2D eigenvalue weighted by atomic mass is 19.1. The number of nitrogens with zero attached hydrogens (tertiary/aromatic N) is 1. The van der Waals surface area contributed by atoms with E-state index in [1.165, 1.54) is 6.07 Å². The second-order valence-corrected chi connectivity index (χ2v) is 6.21. The van der Waals surface area contributed by atoms with Gasteiger partial charge in [-0.25, -0.2) is 8.78 Å². The van der Waals surface area contributed by atoms with Crippen molar-refractivity contribution in [3.05, 3.63) is 71.6 Å². The lowest BCUT2D eigenvalue weighted by Gasteiger charge is -2.17. The second-order valence-electron chi connectivity index (χ2n) is 6.21. The van der Waals surface area contributed by atoms with E-state index >= 15 is 0 Å². The second kappa shape index (κ2) is 7.23. The minimum atomic E-state index is -1.00. The van der Waals surface area contributed by atoms with Crippen molar-refractivity contribution in [3.8, 4) is 6.07 Å². The van der Waals surface area contributed by atoms with Gasteiger partial charge in [-0.2, -0.15) is 5.26 Å². The van der Waals surface area contributed by atoms with Gasteiger partial charge in [-0.05, 0) is 43.7 Å². The molecule has 0 radical (unpaired) electrons. The summed E-state index contributed by atoms with van der Waals surface area (Å²) >= 11 is 0. The Kier molecular flexibility index (Phi) is 5.27. The van der Waals surface area contributed by atoms with E-state index < -0.39 is 28.6 Å². The number of hydrogen-bond donors (Lipinski definition) is 3. The van der Waals surface area contributed by atoms with Gasteiger partial charge in [-0.15, -0.1) is 0 Å². The first-order valence-electron chi connectivity index (χ1n) is 7.68. The molecule has 1 amide bonds. The lowest BCUT2D eigenvalue weighted by Crippen LogP contribution is -2.18. The Bertz CT molecular complexity index is 916. The molecular formula is C19H18F2N4O. The summed E-state index contributed by atoms with van der Waals surface area (Å²) in [7, 11) is 0. The van der Waals surface area contributed by atoms with Crippen LogP contribution in [-0.4, -0.2) is 5.91 Å². The van der Waals surface area contributed by atoms with Crippen molar-refractivity contribution in [3.63, 3.8) is 0 Å². The van der Waals surface area contributed by atoms with Crippen LogP contribution in [-0.2, 0) is 5.41 Å². The topological polar surface area (TPSA) is 90.9 Å². The van der Waals surface area contributed by atoms with Crippen molar-refractivity contribution < 1.29 is 13.6 Å². The maximum absolute atomic E-state index is 14.4. The molecule has 7 heteroatoms. The van der Waals surface area contributed by atoms with Crippen molar-refractivity contribution in [2.24, 2.45) is 5.73 Å². The quantitative estimate of drug-likeness (QED) is 0.759. The van der Waals surface area contributed by atoms with E-state index in [-0.39, 0.29) is 17.1 Å². The average molecular weight is 356 g/mol. The van der Waals surface area contributed by atoms with E-state index in [9.17, 15) is 18.8 Å². The zero-order chi connectivity index (χ0) is 19.5. The number of rotatable bonds is 5. The maximum atomic E-state index is 14.4. The van der Waals surface area contributed by atoms with E-state index in [0.29, 0.717) is 5.56 Å². The largest absolute Gasteiger partial charge is 0.386 e. The summed E-state index contributed by atoms with van der Waals surface area (Å²) in [6, 6.07) is 10.7. The molecule has 134 valence electrons. The van der Waals surface area contributed by atoms with Crippen LogP contribution in [0.15, 0.2) is 48.8 Å². The number of benzene rings is 2. The van der Waals surface area contributed by atoms with Gasteiger partial charge in [0.2, 0.25) is 0 Å². The summed E-state index contributed by atoms with van der Waals surface area (Å²) < 4.78 is 28.2. The summed E-state index contributed by atoms with van der Waals surface area (Å²) in [5.41, 5.74) is 4.71. The lowest BCUT2D eigenvalue weighted by atomic mass is 9.85. The lowest BCUT2D eigenvalue weighted by molar-refractivity contribution is 0.102. The number of amides is 1. The van der Waals surface area contributed by atoms with Crippen molar-refractivity contribution in [2.75, 3.05) is 10.6 Å². The number of halogens is 2. The van der Waals surface area contributed by atoms with Gasteiger partial charge in [0.25, 0.3) is 5.91 Å². The van der Waals surface area contributed by atoms with Crippen LogP contribution >= 0.6 is 0 Å². The van der Waals surface area contributed by atoms with Gasteiger partial charge < -0.3 is 16.4 Å². The molecule has 2 aromatic carbocycles. The molecule has 0 saturated carbocycles. The van der Waals surface area contributed by atoms with Gasteiger partial charge in [0.15, 0.2) is 5.82 Å². The fraction of sp³-hybridized carbons (Fsp3) is 0.158. The van der Waals surface area contributed by atoms with Crippen molar-refractivity contribution in [1.29, 1.82) is 5.26 Å². The van der Waals surface area contributed by atoms with Crippen LogP contribution in [0.2, 0.25) is 0 Å². The number of carbonyl (C=O) groups excluding carboxylic acids is 1. The minimum absolute atomic E-state index is 0.141. The SMILES string of the molecule is C=C(N)Nc1c(F)ccc(NC(=O)c2cccc(C(C)(C)C#N)c2)c1F. The summed E-state index contributed by atoms with van der Waals surface area (Å²) in [6.07, 6.45) is 0. The highest BCUT2D eigenvalue weighted by Gasteiger charge is 2.21. The third-order valence-corrected chi connectivity index (χ3v) is 3.75. The molecule has 0 aliphatic carbocycles. The Hall–Kier alpha value is -3.40. The molecule has 0 unspecified atom stereocenters. The summed E-state index contributed by atoms with van der Waals surface area (Å²) in [5, 5.41) is 13.9. The third-order valence-electron chi connectivity index (χ3n) is 3.75. The molecule has 0 atom stereocenters. The van der Waals surface area contributed by atoms with Crippen LogP contribution in [0.25, 0.3) is 0 Å². The molecule has 2 rings (SSSR count). The summed E-state index contributed by atoms with van der Waals surface area (Å²) in [6.45, 7) is 6.78. The van der Waals surface area contributed by atoms with E-state index in [0.717, 1.165) is 12.1 Å². The molecule has 0 heterocycles. The highest BCUT2D eigenvalue weighted by molar-refractivity contribution is 6.04. The molecule has 0 fully saturated rings. The summed E-state index contributed by atoms with van der Waals surface area (Å²) in [4.78, 5) is 12.4. The van der Waals surface area contributed by atoms with Crippen molar-refractivity contribution in [2.45, 2.75) is 19.3 Å². The first-order valence-corrected chi connectivity index (χ1v) is 7.68. The van der Waals surface area contributed by atoms with Crippen LogP contribution < -0.4 is 16.4 Å². The predicted molar refractivity (Wildman–Crippen MR) is 96.3 cm³/mol. The number of hydrogen-bond acceptors (Lipinski definition) is 4. The van der Waals surface area contributed by atoms with Crippen molar-refractivity contribution >= 4 is 17.3 Å². The molecule has 5 nitrogen and oxygen atoms in total. The molecule has 0 aromatic heterocycles. The van der Waals surface area contributed by atoms with Crippen LogP contribution in [0.3, 0.4) is 0 Å². The fourth-order valence-corrected chi connectivity index (χ4v) is 2.23. The van der Waals surface area contributed by atoms with Gasteiger partial charge in [0.1, 0.15) is 11.5 Å². The first-order chi connectivity index (χ1) is 12.2. The number of nitrogens with one attached hydrogen (secondary N) is 2. The standard InChI is InChI=1S/C19H18F2N4O/c1-11(23)24-17-14(20)7-8-15(16(17)21)25-18(26)12-5-4-6-13(9-12)19(2,3)10-22/h4-9,24H,1,23H2,2-3H3,(H,25,26).